The second-order valence-corrected chi connectivity index (χ2v) is 13.2. The number of amides is 2. The third-order valence-corrected chi connectivity index (χ3v) is 10.1. The SMILES string of the molecule is C=CCCC(=O)N1C(=O)[C@H]([C@@H](C)O[Si](C)(C)C(C)(C)C)[C@H]1CCC. The summed E-state index contributed by atoms with van der Waals surface area (Å²) in [5.41, 5.74) is 0. The number of hydrogen-bond acceptors (Lipinski definition) is 3. The van der Waals surface area contributed by atoms with E-state index in [9.17, 15) is 9.59 Å². The van der Waals surface area contributed by atoms with Gasteiger partial charge in [0.15, 0.2) is 8.32 Å². The first-order valence-corrected chi connectivity index (χ1v) is 12.0. The first-order chi connectivity index (χ1) is 11.0. The largest absolute Gasteiger partial charge is 0.413 e. The maximum atomic E-state index is 12.6. The van der Waals surface area contributed by atoms with Gasteiger partial charge in [-0.25, -0.2) is 0 Å². The predicted octanol–water partition coefficient (Wildman–Crippen LogP) is 4.52. The van der Waals surface area contributed by atoms with Crippen LogP contribution >= 0.6 is 0 Å². The summed E-state index contributed by atoms with van der Waals surface area (Å²) < 4.78 is 6.43. The Hall–Kier alpha value is -0.943. The molecule has 0 radical (unpaired) electrons. The van der Waals surface area contributed by atoms with E-state index < -0.39 is 8.32 Å². The van der Waals surface area contributed by atoms with Crippen molar-refractivity contribution in [3.05, 3.63) is 12.7 Å². The first kappa shape index (κ1) is 21.1. The zero-order chi connectivity index (χ0) is 18.7. The fourth-order valence-corrected chi connectivity index (χ4v) is 4.48. The quantitative estimate of drug-likeness (QED) is 0.366. The number of carbonyl (C=O) groups excluding carboxylic acids is 2. The molecule has 0 aromatic rings. The third-order valence-electron chi connectivity index (χ3n) is 5.48. The van der Waals surface area contributed by atoms with Gasteiger partial charge in [0.05, 0.1) is 18.1 Å². The van der Waals surface area contributed by atoms with Gasteiger partial charge in [-0.15, -0.1) is 6.58 Å². The molecule has 2 amide bonds. The molecule has 138 valence electrons. The summed E-state index contributed by atoms with van der Waals surface area (Å²) in [6.45, 7) is 18.7. The Morgan fingerprint density at radius 1 is 1.42 bits per heavy atom. The molecule has 1 saturated heterocycles. The number of β-lactam (4-membered cyclic amide) rings is 1. The van der Waals surface area contributed by atoms with Gasteiger partial charge in [-0.1, -0.05) is 40.2 Å². The Balaban J connectivity index is 2.85. The van der Waals surface area contributed by atoms with E-state index in [0.717, 1.165) is 12.8 Å². The van der Waals surface area contributed by atoms with Crippen molar-refractivity contribution in [1.82, 2.24) is 4.90 Å². The molecule has 0 aromatic carbocycles. The molecule has 1 aliphatic heterocycles. The van der Waals surface area contributed by atoms with E-state index in [1.54, 1.807) is 6.08 Å². The van der Waals surface area contributed by atoms with Crippen molar-refractivity contribution < 1.29 is 14.0 Å². The van der Waals surface area contributed by atoms with Crippen molar-refractivity contribution in [2.24, 2.45) is 5.92 Å². The minimum absolute atomic E-state index is 0.0143. The van der Waals surface area contributed by atoms with Crippen LogP contribution < -0.4 is 0 Å². The molecule has 3 atom stereocenters. The smallest absolute Gasteiger partial charge is 0.237 e. The van der Waals surface area contributed by atoms with Gasteiger partial charge in [-0.2, -0.15) is 0 Å². The molecule has 0 aromatic heterocycles. The molecule has 1 aliphatic rings. The third kappa shape index (κ3) is 4.36. The summed E-state index contributed by atoms with van der Waals surface area (Å²) in [5.74, 6) is -0.324. The molecule has 0 aliphatic carbocycles. The van der Waals surface area contributed by atoms with E-state index in [2.05, 4.69) is 47.4 Å². The number of likely N-dealkylation sites (tertiary alicyclic amines) is 1. The van der Waals surface area contributed by atoms with Crippen LogP contribution in [-0.2, 0) is 14.0 Å². The molecule has 1 heterocycles. The Morgan fingerprint density at radius 3 is 2.46 bits per heavy atom. The Kier molecular flexibility index (Phi) is 7.00. The van der Waals surface area contributed by atoms with E-state index in [4.69, 9.17) is 4.43 Å². The summed E-state index contributed by atoms with van der Waals surface area (Å²) in [7, 11) is -1.93. The van der Waals surface area contributed by atoms with Gasteiger partial charge in [-0.3, -0.25) is 14.5 Å². The lowest BCUT2D eigenvalue weighted by Crippen LogP contribution is -2.67. The number of hydrogen-bond donors (Lipinski definition) is 0. The van der Waals surface area contributed by atoms with Crippen molar-refractivity contribution in [2.45, 2.75) is 90.6 Å². The normalized spacial score (nSPS) is 23.0. The lowest BCUT2D eigenvalue weighted by molar-refractivity contribution is -0.172. The average Bonchev–Trinajstić information content (AvgIpc) is 2.43. The molecule has 4 nitrogen and oxygen atoms in total. The molecule has 0 saturated carbocycles. The Labute approximate surface area is 148 Å². The van der Waals surface area contributed by atoms with Crippen molar-refractivity contribution in [1.29, 1.82) is 0 Å². The van der Waals surface area contributed by atoms with Gasteiger partial charge in [0, 0.05) is 6.42 Å². The predicted molar refractivity (Wildman–Crippen MR) is 101 cm³/mol. The van der Waals surface area contributed by atoms with Crippen LogP contribution in [0, 0.1) is 5.92 Å². The highest BCUT2D eigenvalue weighted by Crippen LogP contribution is 2.41. The van der Waals surface area contributed by atoms with Crippen LogP contribution in [-0.4, -0.2) is 37.2 Å². The molecular weight excluding hydrogens is 318 g/mol. The van der Waals surface area contributed by atoms with Gasteiger partial charge < -0.3 is 4.43 Å². The second kappa shape index (κ2) is 7.96. The summed E-state index contributed by atoms with van der Waals surface area (Å²) in [5, 5.41) is 0.105. The van der Waals surface area contributed by atoms with Crippen LogP contribution in [0.4, 0.5) is 0 Å². The summed E-state index contributed by atoms with van der Waals surface area (Å²) in [6, 6.07) is -0.0143. The van der Waals surface area contributed by atoms with Crippen LogP contribution in [0.15, 0.2) is 12.7 Å². The summed E-state index contributed by atoms with van der Waals surface area (Å²) >= 11 is 0. The second-order valence-electron chi connectivity index (χ2n) is 8.39. The standard InChI is InChI=1S/C19H35NO3Si/c1-9-11-13-16(21)20-15(12-10-2)17(18(20)22)14(3)23-24(7,8)19(4,5)6/h9,14-15,17H,1,10-13H2,2-8H3/t14-,15-,17-/m1/s1. The van der Waals surface area contributed by atoms with E-state index in [1.165, 1.54) is 4.90 Å². The molecule has 24 heavy (non-hydrogen) atoms. The molecule has 0 unspecified atom stereocenters. The van der Waals surface area contributed by atoms with Crippen molar-refractivity contribution in [3.8, 4) is 0 Å². The number of allylic oxidation sites excluding steroid dienone is 1. The first-order valence-electron chi connectivity index (χ1n) is 9.12. The van der Waals surface area contributed by atoms with Crippen LogP contribution in [0.3, 0.4) is 0 Å². The van der Waals surface area contributed by atoms with E-state index >= 15 is 0 Å². The van der Waals surface area contributed by atoms with Crippen LogP contribution in [0.1, 0.15) is 60.3 Å². The van der Waals surface area contributed by atoms with Crippen molar-refractivity contribution >= 4 is 20.1 Å². The number of carbonyl (C=O) groups is 2. The molecule has 0 N–H and O–H groups in total. The van der Waals surface area contributed by atoms with Crippen LogP contribution in [0.2, 0.25) is 18.1 Å². The van der Waals surface area contributed by atoms with Gasteiger partial charge in [0.2, 0.25) is 11.8 Å². The topological polar surface area (TPSA) is 46.6 Å². The lowest BCUT2D eigenvalue weighted by atomic mass is 9.80. The molecule has 5 heteroatoms. The monoisotopic (exact) mass is 353 g/mol. The fraction of sp³-hybridized carbons (Fsp3) is 0.789. The Bertz CT molecular complexity index is 481. The minimum atomic E-state index is -1.93. The minimum Gasteiger partial charge on any atom is -0.413 e. The summed E-state index contributed by atoms with van der Waals surface area (Å²) in [6.07, 6.45) is 4.35. The number of rotatable bonds is 8. The highest BCUT2D eigenvalue weighted by atomic mass is 28.4. The van der Waals surface area contributed by atoms with Crippen molar-refractivity contribution in [3.63, 3.8) is 0 Å². The highest BCUT2D eigenvalue weighted by Gasteiger charge is 2.53. The van der Waals surface area contributed by atoms with Gasteiger partial charge >= 0.3 is 0 Å². The fourth-order valence-electron chi connectivity index (χ4n) is 3.05. The molecule has 0 spiro atoms. The molecule has 1 rings (SSSR count). The van der Waals surface area contributed by atoms with Crippen LogP contribution in [0.5, 0.6) is 0 Å². The average molecular weight is 354 g/mol. The lowest BCUT2D eigenvalue weighted by Gasteiger charge is -2.50. The van der Waals surface area contributed by atoms with E-state index in [1.807, 2.05) is 6.92 Å². The van der Waals surface area contributed by atoms with Crippen molar-refractivity contribution in [2.75, 3.05) is 0 Å². The maximum Gasteiger partial charge on any atom is 0.237 e. The Morgan fingerprint density at radius 2 is 2.00 bits per heavy atom. The van der Waals surface area contributed by atoms with Gasteiger partial charge in [0.25, 0.3) is 0 Å². The zero-order valence-electron chi connectivity index (χ0n) is 16.5. The summed E-state index contributed by atoms with van der Waals surface area (Å²) in [4.78, 5) is 26.4. The molecule has 0 bridgehead atoms. The maximum absolute atomic E-state index is 12.6. The van der Waals surface area contributed by atoms with Gasteiger partial charge in [0.1, 0.15) is 0 Å². The highest BCUT2D eigenvalue weighted by molar-refractivity contribution is 6.74. The number of imide groups is 1. The zero-order valence-corrected chi connectivity index (χ0v) is 17.5. The van der Waals surface area contributed by atoms with Crippen LogP contribution in [0.25, 0.3) is 0 Å². The van der Waals surface area contributed by atoms with Gasteiger partial charge in [-0.05, 0) is 37.9 Å². The van der Waals surface area contributed by atoms with E-state index in [0.29, 0.717) is 12.8 Å². The number of nitrogens with zero attached hydrogens (tertiary/aromatic N) is 1. The van der Waals surface area contributed by atoms with E-state index in [-0.39, 0.29) is 34.9 Å². The molecular formula is C19H35NO3Si. The molecule has 1 fully saturated rings.